The van der Waals surface area contributed by atoms with Gasteiger partial charge in [-0.3, -0.25) is 0 Å². The topological polar surface area (TPSA) is 78.9 Å². The van der Waals surface area contributed by atoms with Gasteiger partial charge in [0, 0.05) is 0 Å². The minimum atomic E-state index is -0.413. The molecule has 1 aliphatic rings. The molecular formula is C21H18FN5O2. The van der Waals surface area contributed by atoms with Gasteiger partial charge in [-0.1, -0.05) is 46.3 Å². The minimum Gasteiger partial charge on any atom is -0.365 e. The summed E-state index contributed by atoms with van der Waals surface area (Å²) in [6.07, 6.45) is -0.102. The molecule has 7 nitrogen and oxygen atoms in total. The second-order valence-electron chi connectivity index (χ2n) is 7.13. The molecule has 1 atom stereocenters. The Morgan fingerprint density at radius 2 is 2.00 bits per heavy atom. The van der Waals surface area contributed by atoms with Gasteiger partial charge in [0.05, 0.1) is 24.4 Å². The first kappa shape index (κ1) is 17.7. The van der Waals surface area contributed by atoms with Gasteiger partial charge in [0.15, 0.2) is 5.69 Å². The molecule has 1 aliphatic heterocycles. The minimum absolute atomic E-state index is 0.102. The zero-order chi connectivity index (χ0) is 20.0. The summed E-state index contributed by atoms with van der Waals surface area (Å²) in [6, 6.07) is 12.6. The molecule has 0 bridgehead atoms. The molecule has 4 aromatic rings. The van der Waals surface area contributed by atoms with E-state index in [2.05, 4.69) is 52.5 Å². The summed E-state index contributed by atoms with van der Waals surface area (Å²) in [4.78, 5) is 4.30. The van der Waals surface area contributed by atoms with Crippen molar-refractivity contribution < 1.29 is 13.7 Å². The molecule has 2 aromatic carbocycles. The molecule has 0 radical (unpaired) electrons. The van der Waals surface area contributed by atoms with E-state index in [1.54, 1.807) is 22.9 Å². The van der Waals surface area contributed by atoms with Crippen molar-refractivity contribution in [1.82, 2.24) is 25.1 Å². The van der Waals surface area contributed by atoms with Crippen LogP contribution in [0.25, 0.3) is 23.0 Å². The first-order valence-corrected chi connectivity index (χ1v) is 9.30. The summed E-state index contributed by atoms with van der Waals surface area (Å²) in [5.41, 5.74) is 5.03. The molecule has 2 aromatic heterocycles. The van der Waals surface area contributed by atoms with Crippen molar-refractivity contribution in [3.8, 4) is 23.0 Å². The van der Waals surface area contributed by atoms with E-state index >= 15 is 0 Å². The van der Waals surface area contributed by atoms with Gasteiger partial charge in [0.25, 0.3) is 5.89 Å². The molecule has 0 saturated heterocycles. The molecule has 29 heavy (non-hydrogen) atoms. The van der Waals surface area contributed by atoms with Gasteiger partial charge in [-0.2, -0.15) is 4.98 Å². The molecule has 146 valence electrons. The quantitative estimate of drug-likeness (QED) is 0.525. The van der Waals surface area contributed by atoms with Gasteiger partial charge in [-0.05, 0) is 37.1 Å². The summed E-state index contributed by atoms with van der Waals surface area (Å²) in [5, 5.41) is 12.3. The van der Waals surface area contributed by atoms with Gasteiger partial charge in [-0.15, -0.1) is 5.10 Å². The average Bonchev–Trinajstić information content (AvgIpc) is 3.34. The van der Waals surface area contributed by atoms with Crippen LogP contribution in [-0.4, -0.2) is 25.1 Å². The van der Waals surface area contributed by atoms with Crippen LogP contribution in [0.5, 0.6) is 0 Å². The van der Waals surface area contributed by atoms with Crippen molar-refractivity contribution >= 4 is 0 Å². The smallest absolute Gasteiger partial charge is 0.280 e. The lowest BCUT2D eigenvalue weighted by Gasteiger charge is -2.25. The van der Waals surface area contributed by atoms with Crippen LogP contribution < -0.4 is 0 Å². The van der Waals surface area contributed by atoms with Gasteiger partial charge < -0.3 is 9.26 Å². The number of rotatable bonds is 3. The Hall–Kier alpha value is -3.39. The van der Waals surface area contributed by atoms with Gasteiger partial charge in [-0.25, -0.2) is 9.07 Å². The highest BCUT2D eigenvalue weighted by Gasteiger charge is 2.28. The van der Waals surface area contributed by atoms with E-state index in [4.69, 9.17) is 9.26 Å². The molecule has 0 aliphatic carbocycles. The number of hydrogen-bond donors (Lipinski definition) is 0. The van der Waals surface area contributed by atoms with Crippen LogP contribution in [0.4, 0.5) is 4.39 Å². The zero-order valence-electron chi connectivity index (χ0n) is 16.0. The fourth-order valence-corrected chi connectivity index (χ4v) is 3.62. The number of hydrogen-bond acceptors (Lipinski definition) is 6. The lowest BCUT2D eigenvalue weighted by Crippen LogP contribution is -2.22. The van der Waals surface area contributed by atoms with Gasteiger partial charge in [0.1, 0.15) is 11.9 Å². The van der Waals surface area contributed by atoms with Crippen LogP contribution in [-0.2, 0) is 17.9 Å². The summed E-state index contributed by atoms with van der Waals surface area (Å²) in [6.45, 7) is 5.01. The van der Waals surface area contributed by atoms with Crippen molar-refractivity contribution in [2.45, 2.75) is 33.1 Å². The highest BCUT2D eigenvalue weighted by atomic mass is 19.1. The number of nitrogens with zero attached hydrogens (tertiary/aromatic N) is 5. The van der Waals surface area contributed by atoms with Crippen LogP contribution in [0.2, 0.25) is 0 Å². The second-order valence-corrected chi connectivity index (χ2v) is 7.13. The number of aromatic nitrogens is 5. The SMILES string of the molecule is Cc1ccc([C@H]2Cn3nnc(-c4nc(-c5ccccc5F)no4)c3CO2)c(C)c1. The molecule has 3 heterocycles. The van der Waals surface area contributed by atoms with Crippen molar-refractivity contribution in [1.29, 1.82) is 0 Å². The molecule has 0 saturated carbocycles. The maximum atomic E-state index is 14.0. The standard InChI is InChI=1S/C21H18FN5O2/c1-12-7-8-14(13(2)9-12)18-10-27-17(11-28-18)19(24-26-27)21-23-20(25-29-21)15-5-3-4-6-16(15)22/h3-9,18H,10-11H2,1-2H3/t18-/m1/s1. The monoisotopic (exact) mass is 391 g/mol. The lowest BCUT2D eigenvalue weighted by atomic mass is 10.0. The number of benzene rings is 2. The highest BCUT2D eigenvalue weighted by molar-refractivity contribution is 5.59. The first-order valence-electron chi connectivity index (χ1n) is 9.30. The first-order chi connectivity index (χ1) is 14.1. The van der Waals surface area contributed by atoms with Crippen molar-refractivity contribution in [2.75, 3.05) is 0 Å². The van der Waals surface area contributed by atoms with Gasteiger partial charge in [0.2, 0.25) is 5.82 Å². The Morgan fingerprint density at radius 3 is 2.83 bits per heavy atom. The highest BCUT2D eigenvalue weighted by Crippen LogP contribution is 2.32. The van der Waals surface area contributed by atoms with E-state index < -0.39 is 5.82 Å². The summed E-state index contributed by atoms with van der Waals surface area (Å²) < 4.78 is 27.2. The Balaban J connectivity index is 1.43. The largest absolute Gasteiger partial charge is 0.365 e. The molecule has 0 fully saturated rings. The third-order valence-corrected chi connectivity index (χ3v) is 5.11. The fourth-order valence-electron chi connectivity index (χ4n) is 3.62. The van der Waals surface area contributed by atoms with Crippen LogP contribution in [0.15, 0.2) is 47.0 Å². The van der Waals surface area contributed by atoms with E-state index in [1.807, 2.05) is 0 Å². The van der Waals surface area contributed by atoms with Crippen LogP contribution in [0.1, 0.15) is 28.5 Å². The predicted molar refractivity (Wildman–Crippen MR) is 102 cm³/mol. The molecule has 0 N–H and O–H groups in total. The average molecular weight is 391 g/mol. The maximum Gasteiger partial charge on any atom is 0.280 e. The zero-order valence-corrected chi connectivity index (χ0v) is 16.0. The van der Waals surface area contributed by atoms with Crippen LogP contribution in [0.3, 0.4) is 0 Å². The number of halogens is 1. The second kappa shape index (κ2) is 6.89. The maximum absolute atomic E-state index is 14.0. The van der Waals surface area contributed by atoms with E-state index in [9.17, 15) is 4.39 Å². The summed E-state index contributed by atoms with van der Waals surface area (Å²) >= 11 is 0. The summed E-state index contributed by atoms with van der Waals surface area (Å²) in [7, 11) is 0. The molecular weight excluding hydrogens is 373 g/mol. The molecule has 0 unspecified atom stereocenters. The number of fused-ring (bicyclic) bond motifs is 1. The third-order valence-electron chi connectivity index (χ3n) is 5.11. The predicted octanol–water partition coefficient (Wildman–Crippen LogP) is 4.02. The van der Waals surface area contributed by atoms with Crippen LogP contribution >= 0.6 is 0 Å². The van der Waals surface area contributed by atoms with E-state index in [-0.39, 0.29) is 23.4 Å². The summed E-state index contributed by atoms with van der Waals surface area (Å²) in [5.74, 6) is -0.0488. The van der Waals surface area contributed by atoms with Crippen molar-refractivity contribution in [2.24, 2.45) is 0 Å². The lowest BCUT2D eigenvalue weighted by molar-refractivity contribution is -0.00153. The van der Waals surface area contributed by atoms with E-state index in [0.717, 1.165) is 11.3 Å². The number of ether oxygens (including phenoxy) is 1. The molecule has 5 rings (SSSR count). The van der Waals surface area contributed by atoms with Crippen molar-refractivity contribution in [3.63, 3.8) is 0 Å². The Morgan fingerprint density at radius 1 is 1.14 bits per heavy atom. The Kier molecular flexibility index (Phi) is 4.21. The molecule has 0 amide bonds. The Labute approximate surface area is 166 Å². The third kappa shape index (κ3) is 3.11. The van der Waals surface area contributed by atoms with Crippen LogP contribution in [0, 0.1) is 19.7 Å². The van der Waals surface area contributed by atoms with Crippen molar-refractivity contribution in [3.05, 3.63) is 70.7 Å². The van der Waals surface area contributed by atoms with E-state index in [1.165, 1.54) is 17.2 Å². The number of aryl methyl sites for hydroxylation is 2. The Bertz CT molecular complexity index is 1200. The molecule has 8 heteroatoms. The normalized spacial score (nSPS) is 16.0. The fraction of sp³-hybridized carbons (Fsp3) is 0.238. The molecule has 0 spiro atoms. The van der Waals surface area contributed by atoms with E-state index in [0.29, 0.717) is 18.8 Å². The van der Waals surface area contributed by atoms with Gasteiger partial charge >= 0.3 is 0 Å².